The van der Waals surface area contributed by atoms with Gasteiger partial charge in [-0.3, -0.25) is 0 Å². The van der Waals surface area contributed by atoms with Crippen LogP contribution in [0, 0.1) is 0 Å². The molecule has 4 heteroatoms. The molecule has 0 amide bonds. The number of cyclic esters (lactones) is 2. The molecule has 0 bridgehead atoms. The van der Waals surface area contributed by atoms with Crippen LogP contribution in [0.4, 0.5) is 0 Å². The van der Waals surface area contributed by atoms with E-state index in [2.05, 4.69) is 4.74 Å². The Kier molecular flexibility index (Phi) is 1.64. The first kappa shape index (κ1) is 6.19. The summed E-state index contributed by atoms with van der Waals surface area (Å²) in [4.78, 5) is 20.6. The molecule has 1 unspecified atom stereocenters. The summed E-state index contributed by atoms with van der Waals surface area (Å²) >= 11 is 0.730. The second-order valence-corrected chi connectivity index (χ2v) is 4.26. The van der Waals surface area contributed by atoms with Crippen molar-refractivity contribution < 1.29 is 14.3 Å². The summed E-state index contributed by atoms with van der Waals surface area (Å²) in [5.41, 5.74) is 0. The van der Waals surface area contributed by atoms with Crippen molar-refractivity contribution in [2.24, 2.45) is 0 Å². The third-order valence-electron chi connectivity index (χ3n) is 0.870. The van der Waals surface area contributed by atoms with Gasteiger partial charge < -0.3 is 0 Å². The number of hydrogen-bond donors (Lipinski definition) is 0. The molecule has 1 saturated heterocycles. The molecule has 0 saturated carbocycles. The second-order valence-electron chi connectivity index (χ2n) is 1.55. The molecule has 0 aliphatic carbocycles. The number of ether oxygens (including phenoxy) is 1. The van der Waals surface area contributed by atoms with Crippen molar-refractivity contribution in [3.63, 3.8) is 0 Å². The van der Waals surface area contributed by atoms with Gasteiger partial charge in [-0.15, -0.1) is 0 Å². The first-order valence-electron chi connectivity index (χ1n) is 2.16. The average Bonchev–Trinajstić information content (AvgIpc) is 1.85. The molecule has 1 rings (SSSR count). The summed E-state index contributed by atoms with van der Waals surface area (Å²) in [6, 6.07) is 0. The molecule has 1 aliphatic heterocycles. The second kappa shape index (κ2) is 2.12. The van der Waals surface area contributed by atoms with Crippen molar-refractivity contribution in [2.45, 2.75) is 9.90 Å². The van der Waals surface area contributed by atoms with E-state index in [4.69, 9.17) is 0 Å². The molecule has 0 aromatic rings. The molecular weight excluding hydrogens is 303 g/mol. The Morgan fingerprint density at radius 2 is 2.25 bits per heavy atom. The van der Waals surface area contributed by atoms with Crippen LogP contribution in [0.5, 0.6) is 0 Å². The maximum absolute atomic E-state index is 10.4. The maximum atomic E-state index is 10.4. The molecule has 3 radical (unpaired) electrons. The molecule has 0 spiro atoms. The van der Waals surface area contributed by atoms with Gasteiger partial charge in [0.1, 0.15) is 0 Å². The Balaban J connectivity index is 2.64. The average molecular weight is 306 g/mol. The number of carbonyl (C=O) groups excluding carboxylic acids is 2. The minimum atomic E-state index is -0.366. The van der Waals surface area contributed by atoms with E-state index in [1.165, 1.54) is 0 Å². The van der Waals surface area contributed by atoms with Crippen LogP contribution in [0.3, 0.4) is 0 Å². The molecule has 0 N–H and O–H groups in total. The molecule has 0 aromatic heterocycles. The summed E-state index contributed by atoms with van der Waals surface area (Å²) in [6.07, 6.45) is 0.311. The van der Waals surface area contributed by atoms with Gasteiger partial charge in [0, 0.05) is 0 Å². The van der Waals surface area contributed by atoms with E-state index in [9.17, 15) is 9.59 Å². The van der Waals surface area contributed by atoms with E-state index in [1.807, 2.05) is 0 Å². The van der Waals surface area contributed by atoms with Crippen molar-refractivity contribution in [2.75, 3.05) is 0 Å². The SMILES string of the molecule is O=C1C[CH]([Pb])C(=O)O1. The zero-order valence-corrected chi connectivity index (χ0v) is 7.90. The molecule has 1 atom stereocenters. The first-order valence-corrected chi connectivity index (χ1v) is 4.40. The Hall–Kier alpha value is 0.0621. The summed E-state index contributed by atoms with van der Waals surface area (Å²) in [6.45, 7) is 0. The van der Waals surface area contributed by atoms with Crippen molar-refractivity contribution >= 4 is 37.7 Å². The van der Waals surface area contributed by atoms with Crippen LogP contribution in [0.15, 0.2) is 0 Å². The fourth-order valence-corrected chi connectivity index (χ4v) is 1.35. The molecule has 1 aliphatic rings. The van der Waals surface area contributed by atoms with Gasteiger partial charge in [0.25, 0.3) is 0 Å². The van der Waals surface area contributed by atoms with Gasteiger partial charge in [-0.05, 0) is 0 Å². The van der Waals surface area contributed by atoms with Crippen LogP contribution in [-0.4, -0.2) is 37.7 Å². The topological polar surface area (TPSA) is 43.4 Å². The molecule has 1 fully saturated rings. The first-order chi connectivity index (χ1) is 3.70. The zero-order valence-electron chi connectivity index (χ0n) is 4.01. The van der Waals surface area contributed by atoms with Gasteiger partial charge in [0.15, 0.2) is 0 Å². The van der Waals surface area contributed by atoms with Crippen molar-refractivity contribution in [1.82, 2.24) is 0 Å². The third kappa shape index (κ3) is 1.07. The molecule has 1 heterocycles. The van der Waals surface area contributed by atoms with E-state index < -0.39 is 0 Å². The van der Waals surface area contributed by atoms with Crippen molar-refractivity contribution in [3.05, 3.63) is 0 Å². The van der Waals surface area contributed by atoms with Gasteiger partial charge in [-0.25, -0.2) is 0 Å². The standard InChI is InChI=1S/C4H3O3.Pb/c5-3-1-2-4(6)7-3;/h1H,2H2;. The number of carbonyl (C=O) groups is 2. The predicted octanol–water partition coefficient (Wildman–Crippen LogP) is -0.583. The van der Waals surface area contributed by atoms with Gasteiger partial charge in [0.2, 0.25) is 0 Å². The third-order valence-corrected chi connectivity index (χ3v) is 2.58. The van der Waals surface area contributed by atoms with Gasteiger partial charge in [-0.1, -0.05) is 0 Å². The quantitative estimate of drug-likeness (QED) is 0.342. The van der Waals surface area contributed by atoms with Crippen molar-refractivity contribution in [1.29, 1.82) is 0 Å². The van der Waals surface area contributed by atoms with Gasteiger partial charge in [0.05, 0.1) is 0 Å². The molecule has 3 nitrogen and oxygen atoms in total. The van der Waals surface area contributed by atoms with Crippen LogP contribution < -0.4 is 0 Å². The number of hydrogen-bond acceptors (Lipinski definition) is 3. The summed E-state index contributed by atoms with van der Waals surface area (Å²) < 4.78 is 4.15. The molecule has 0 aromatic carbocycles. The van der Waals surface area contributed by atoms with E-state index >= 15 is 0 Å². The minimum absolute atomic E-state index is 0.0810. The van der Waals surface area contributed by atoms with E-state index in [0.29, 0.717) is 6.42 Å². The normalized spacial score (nSPS) is 28.4. The Labute approximate surface area is 62.1 Å². The van der Waals surface area contributed by atoms with Crippen LogP contribution >= 0.6 is 0 Å². The number of esters is 2. The number of rotatable bonds is 0. The van der Waals surface area contributed by atoms with Crippen LogP contribution in [0.2, 0.25) is 3.48 Å². The van der Waals surface area contributed by atoms with Crippen LogP contribution in [0.25, 0.3) is 0 Å². The Morgan fingerprint density at radius 1 is 1.62 bits per heavy atom. The van der Waals surface area contributed by atoms with Crippen molar-refractivity contribution in [3.8, 4) is 0 Å². The Morgan fingerprint density at radius 3 is 2.38 bits per heavy atom. The van der Waals surface area contributed by atoms with E-state index in [-0.39, 0.29) is 15.4 Å². The van der Waals surface area contributed by atoms with E-state index in [0.717, 1.165) is 25.8 Å². The van der Waals surface area contributed by atoms with Crippen LogP contribution in [-0.2, 0) is 14.3 Å². The van der Waals surface area contributed by atoms with Gasteiger partial charge in [-0.2, -0.15) is 0 Å². The van der Waals surface area contributed by atoms with E-state index in [1.54, 1.807) is 0 Å². The zero-order chi connectivity index (χ0) is 6.15. The summed E-state index contributed by atoms with van der Waals surface area (Å²) in [5, 5.41) is 0. The Bertz CT molecular complexity index is 142. The summed E-state index contributed by atoms with van der Waals surface area (Å²) in [7, 11) is 0. The molecule has 41 valence electrons. The van der Waals surface area contributed by atoms with Gasteiger partial charge >= 0.3 is 61.9 Å². The molecule has 8 heavy (non-hydrogen) atoms. The monoisotopic (exact) mass is 307 g/mol. The molecular formula is C4H3O3Pb. The fraction of sp³-hybridized carbons (Fsp3) is 0.500. The fourth-order valence-electron chi connectivity index (χ4n) is 0.475. The van der Waals surface area contributed by atoms with Crippen LogP contribution in [0.1, 0.15) is 6.42 Å². The summed E-state index contributed by atoms with van der Waals surface area (Å²) in [5.74, 6) is -0.698. The predicted molar refractivity (Wildman–Crippen MR) is 25.2 cm³/mol.